The molecule has 0 aromatic heterocycles. The molecule has 0 bridgehead atoms. The quantitative estimate of drug-likeness (QED) is 0.0261. The first-order valence-corrected chi connectivity index (χ1v) is 31.3. The van der Waals surface area contributed by atoms with Crippen LogP contribution in [-0.2, 0) is 28.6 Å². The Morgan fingerprint density at radius 2 is 0.569 bits per heavy atom. The summed E-state index contributed by atoms with van der Waals surface area (Å²) in [5, 5.41) is 0. The number of ether oxygens (including phenoxy) is 3. The molecule has 0 aliphatic rings. The minimum absolute atomic E-state index is 0.0772. The maximum absolute atomic E-state index is 12.9. The molecule has 0 aliphatic carbocycles. The van der Waals surface area contributed by atoms with Crippen molar-refractivity contribution in [3.63, 3.8) is 0 Å². The Hall–Kier alpha value is -2.89. The predicted octanol–water partition coefficient (Wildman–Crippen LogP) is 21.2. The average molecular weight is 1010 g/mol. The van der Waals surface area contributed by atoms with Crippen LogP contribution < -0.4 is 0 Å². The van der Waals surface area contributed by atoms with Crippen LogP contribution in [0, 0.1) is 0 Å². The van der Waals surface area contributed by atoms with Gasteiger partial charge in [0.2, 0.25) is 0 Å². The molecular weight excluding hydrogens is 889 g/mol. The monoisotopic (exact) mass is 1010 g/mol. The first-order chi connectivity index (χ1) is 35.5. The molecule has 0 saturated heterocycles. The number of unbranched alkanes of at least 4 members (excludes halogenated alkanes) is 36. The van der Waals surface area contributed by atoms with Gasteiger partial charge in [-0.05, 0) is 77.0 Å². The highest BCUT2D eigenvalue weighted by Crippen LogP contribution is 2.17. The molecule has 0 aromatic rings. The highest BCUT2D eigenvalue weighted by atomic mass is 16.6. The van der Waals surface area contributed by atoms with Gasteiger partial charge in [-0.1, -0.05) is 287 Å². The van der Waals surface area contributed by atoms with E-state index in [0.29, 0.717) is 19.3 Å². The molecule has 0 heterocycles. The number of carbonyl (C=O) groups excluding carboxylic acids is 3. The lowest BCUT2D eigenvalue weighted by molar-refractivity contribution is -0.167. The van der Waals surface area contributed by atoms with E-state index in [4.69, 9.17) is 14.2 Å². The molecule has 0 fully saturated rings. The van der Waals surface area contributed by atoms with E-state index in [1.807, 2.05) is 0 Å². The van der Waals surface area contributed by atoms with Crippen LogP contribution in [0.25, 0.3) is 0 Å². The number of allylic oxidation sites excluding steroid dienone is 10. The first kappa shape index (κ1) is 69.1. The largest absolute Gasteiger partial charge is 0.462 e. The van der Waals surface area contributed by atoms with E-state index in [2.05, 4.69) is 81.5 Å². The molecule has 0 amide bonds. The summed E-state index contributed by atoms with van der Waals surface area (Å²) >= 11 is 0. The summed E-state index contributed by atoms with van der Waals surface area (Å²) in [5.41, 5.74) is 0. The molecule has 1 unspecified atom stereocenters. The number of carbonyl (C=O) groups is 3. The van der Waals surface area contributed by atoms with Crippen LogP contribution in [0.4, 0.5) is 0 Å². The third-order valence-corrected chi connectivity index (χ3v) is 13.7. The van der Waals surface area contributed by atoms with E-state index < -0.39 is 6.10 Å². The fourth-order valence-electron chi connectivity index (χ4n) is 9.09. The maximum atomic E-state index is 12.9. The van der Waals surface area contributed by atoms with Crippen LogP contribution in [0.1, 0.15) is 323 Å². The minimum atomic E-state index is -0.780. The highest BCUT2D eigenvalue weighted by Gasteiger charge is 2.19. The van der Waals surface area contributed by atoms with Gasteiger partial charge in [0.15, 0.2) is 6.10 Å². The van der Waals surface area contributed by atoms with Gasteiger partial charge in [-0.2, -0.15) is 0 Å². The molecule has 0 aliphatic heterocycles. The topological polar surface area (TPSA) is 78.9 Å². The van der Waals surface area contributed by atoms with E-state index in [1.165, 1.54) is 180 Å². The summed E-state index contributed by atoms with van der Waals surface area (Å²) in [4.78, 5) is 38.2. The van der Waals surface area contributed by atoms with Crippen molar-refractivity contribution in [2.45, 2.75) is 329 Å². The van der Waals surface area contributed by atoms with Crippen molar-refractivity contribution in [3.05, 3.63) is 60.8 Å². The van der Waals surface area contributed by atoms with Gasteiger partial charge in [0.1, 0.15) is 13.2 Å². The van der Waals surface area contributed by atoms with E-state index in [1.54, 1.807) is 0 Å². The summed E-state index contributed by atoms with van der Waals surface area (Å²) < 4.78 is 16.9. The third kappa shape index (κ3) is 58.0. The van der Waals surface area contributed by atoms with Crippen molar-refractivity contribution in [2.24, 2.45) is 0 Å². The van der Waals surface area contributed by atoms with Crippen LogP contribution in [0.2, 0.25) is 0 Å². The predicted molar refractivity (Wildman–Crippen MR) is 312 cm³/mol. The molecule has 418 valence electrons. The van der Waals surface area contributed by atoms with Crippen molar-refractivity contribution in [1.29, 1.82) is 0 Å². The number of esters is 3. The average Bonchev–Trinajstić information content (AvgIpc) is 3.38. The van der Waals surface area contributed by atoms with Crippen LogP contribution in [0.3, 0.4) is 0 Å². The summed E-state index contributed by atoms with van der Waals surface area (Å²) in [5.74, 6) is -0.881. The number of rotatable bonds is 57. The molecule has 6 nitrogen and oxygen atoms in total. The molecule has 72 heavy (non-hydrogen) atoms. The van der Waals surface area contributed by atoms with E-state index in [9.17, 15) is 14.4 Å². The minimum Gasteiger partial charge on any atom is -0.462 e. The fourth-order valence-corrected chi connectivity index (χ4v) is 9.09. The van der Waals surface area contributed by atoms with Gasteiger partial charge in [-0.3, -0.25) is 14.4 Å². The van der Waals surface area contributed by atoms with E-state index >= 15 is 0 Å². The van der Waals surface area contributed by atoms with Gasteiger partial charge < -0.3 is 14.2 Å². The molecule has 0 spiro atoms. The van der Waals surface area contributed by atoms with Crippen molar-refractivity contribution < 1.29 is 28.6 Å². The lowest BCUT2D eigenvalue weighted by Crippen LogP contribution is -2.30. The normalized spacial score (nSPS) is 12.4. The molecule has 1 atom stereocenters. The Labute approximate surface area is 447 Å². The Morgan fingerprint density at radius 1 is 0.292 bits per heavy atom. The molecule has 6 heteroatoms. The molecule has 0 saturated carbocycles. The lowest BCUT2D eigenvalue weighted by atomic mass is 10.0. The zero-order valence-electron chi connectivity index (χ0n) is 47.9. The van der Waals surface area contributed by atoms with Crippen molar-refractivity contribution in [2.75, 3.05) is 13.2 Å². The Kier molecular flexibility index (Phi) is 58.2. The zero-order chi connectivity index (χ0) is 52.2. The second-order valence-corrected chi connectivity index (χ2v) is 20.9. The van der Waals surface area contributed by atoms with E-state index in [-0.39, 0.29) is 31.1 Å². The Morgan fingerprint density at radius 3 is 0.917 bits per heavy atom. The SMILES string of the molecule is CC/C=C\C/C=C\C/C=C\C/C=C\CCCCCCCCCCC(=O)OC(COC(=O)CCCCCCC/C=C\CCC)COC(=O)CCCCCCCCCCCCCCCCCCCCCCCCC. The van der Waals surface area contributed by atoms with Gasteiger partial charge in [0, 0.05) is 19.3 Å². The first-order valence-electron chi connectivity index (χ1n) is 31.3. The van der Waals surface area contributed by atoms with Crippen molar-refractivity contribution >= 4 is 17.9 Å². The van der Waals surface area contributed by atoms with E-state index in [0.717, 1.165) is 103 Å². The van der Waals surface area contributed by atoms with Crippen molar-refractivity contribution in [1.82, 2.24) is 0 Å². The van der Waals surface area contributed by atoms with Crippen LogP contribution >= 0.6 is 0 Å². The van der Waals surface area contributed by atoms with Gasteiger partial charge in [-0.15, -0.1) is 0 Å². The zero-order valence-corrected chi connectivity index (χ0v) is 47.9. The van der Waals surface area contributed by atoms with Crippen molar-refractivity contribution in [3.8, 4) is 0 Å². The fraction of sp³-hybridized carbons (Fsp3) is 0.803. The lowest BCUT2D eigenvalue weighted by Gasteiger charge is -2.18. The van der Waals surface area contributed by atoms with Gasteiger partial charge in [0.25, 0.3) is 0 Å². The Bertz CT molecular complexity index is 1290. The molecular formula is C66H118O6. The van der Waals surface area contributed by atoms with Crippen LogP contribution in [0.5, 0.6) is 0 Å². The third-order valence-electron chi connectivity index (χ3n) is 13.7. The molecule has 0 aromatic carbocycles. The standard InChI is InChI=1S/C66H118O6/c1-4-7-10-13-16-19-22-24-26-28-30-32-33-35-36-38-40-42-44-47-50-53-56-59-65(68)71-62-63(61-70-64(67)58-55-52-49-46-21-18-15-12-9-6-3)72-66(69)60-57-54-51-48-45-43-41-39-37-34-31-29-27-25-23-20-17-14-11-8-5-2/h8,11-12,15,17,20,25,27,31,34,63H,4-7,9-10,13-14,16,18-19,21-24,26,28-30,32-33,35-62H2,1-3H3/b11-8-,15-12-,20-17-,27-25-,34-31-. The second-order valence-electron chi connectivity index (χ2n) is 20.9. The smallest absolute Gasteiger partial charge is 0.306 e. The highest BCUT2D eigenvalue weighted by molar-refractivity contribution is 5.71. The summed E-state index contributed by atoms with van der Waals surface area (Å²) in [6, 6.07) is 0. The maximum Gasteiger partial charge on any atom is 0.306 e. The molecule has 0 rings (SSSR count). The molecule has 0 N–H and O–H groups in total. The summed E-state index contributed by atoms with van der Waals surface area (Å²) in [6.45, 7) is 6.50. The number of hydrogen-bond donors (Lipinski definition) is 0. The van der Waals surface area contributed by atoms with Gasteiger partial charge in [0.05, 0.1) is 0 Å². The number of hydrogen-bond acceptors (Lipinski definition) is 6. The van der Waals surface area contributed by atoms with Gasteiger partial charge in [-0.25, -0.2) is 0 Å². The summed E-state index contributed by atoms with van der Waals surface area (Å²) in [6.07, 6.45) is 76.7. The second kappa shape index (κ2) is 60.7. The molecule has 0 radical (unpaired) electrons. The van der Waals surface area contributed by atoms with Crippen LogP contribution in [-0.4, -0.2) is 37.2 Å². The summed E-state index contributed by atoms with van der Waals surface area (Å²) in [7, 11) is 0. The van der Waals surface area contributed by atoms with Crippen LogP contribution in [0.15, 0.2) is 60.8 Å². The Balaban J connectivity index is 4.23. The van der Waals surface area contributed by atoms with Gasteiger partial charge >= 0.3 is 17.9 Å².